The molecule has 0 aliphatic heterocycles. The van der Waals surface area contributed by atoms with Crippen LogP contribution in [0.15, 0.2) is 24.3 Å². The molecule has 2 atom stereocenters. The van der Waals surface area contributed by atoms with Crippen molar-refractivity contribution in [3.8, 4) is 0 Å². The van der Waals surface area contributed by atoms with E-state index in [0.29, 0.717) is 12.1 Å². The van der Waals surface area contributed by atoms with Gasteiger partial charge in [-0.1, -0.05) is 24.3 Å². The molecule has 0 unspecified atom stereocenters. The zero-order valence-electron chi connectivity index (χ0n) is 13.2. The Kier molecular flexibility index (Phi) is 5.22. The molecule has 1 aliphatic rings. The molecule has 112 valence electrons. The smallest absolute Gasteiger partial charge is 0.0591 e. The summed E-state index contributed by atoms with van der Waals surface area (Å²) >= 11 is 0. The Hall–Kier alpha value is -0.860. The summed E-state index contributed by atoms with van der Waals surface area (Å²) in [6, 6.07) is 9.97. The second-order valence-electron chi connectivity index (χ2n) is 6.98. The molecule has 0 saturated heterocycles. The van der Waals surface area contributed by atoms with Gasteiger partial charge < -0.3 is 10.4 Å². The second-order valence-corrected chi connectivity index (χ2v) is 6.98. The van der Waals surface area contributed by atoms with Gasteiger partial charge in [0.05, 0.1) is 5.60 Å². The van der Waals surface area contributed by atoms with Crippen LogP contribution < -0.4 is 5.32 Å². The predicted molar refractivity (Wildman–Crippen MR) is 85.0 cm³/mol. The first-order chi connectivity index (χ1) is 9.44. The summed E-state index contributed by atoms with van der Waals surface area (Å²) in [5, 5.41) is 13.5. The first-order valence-electron chi connectivity index (χ1n) is 7.99. The van der Waals surface area contributed by atoms with Crippen LogP contribution >= 0.6 is 0 Å². The summed E-state index contributed by atoms with van der Waals surface area (Å²) in [7, 11) is 0. The van der Waals surface area contributed by atoms with Crippen molar-refractivity contribution in [2.75, 3.05) is 0 Å². The molecule has 1 aliphatic carbocycles. The molecule has 1 aromatic carbocycles. The Bertz CT molecular complexity index is 422. The highest BCUT2D eigenvalue weighted by atomic mass is 16.3. The molecule has 0 aromatic heterocycles. The number of hydrogen-bond donors (Lipinski definition) is 2. The van der Waals surface area contributed by atoms with E-state index in [4.69, 9.17) is 0 Å². The average Bonchev–Trinajstić information content (AvgIpc) is 2.37. The molecule has 2 heteroatoms. The summed E-state index contributed by atoms with van der Waals surface area (Å²) < 4.78 is 0. The van der Waals surface area contributed by atoms with Crippen LogP contribution in [0.5, 0.6) is 0 Å². The van der Waals surface area contributed by atoms with Gasteiger partial charge in [0.25, 0.3) is 0 Å². The lowest BCUT2D eigenvalue weighted by Crippen LogP contribution is -2.40. The lowest BCUT2D eigenvalue weighted by molar-refractivity contribution is 0.0674. The number of hydrogen-bond acceptors (Lipinski definition) is 2. The summed E-state index contributed by atoms with van der Waals surface area (Å²) in [6.45, 7) is 6.05. The normalized spacial score (nSPS) is 20.5. The van der Waals surface area contributed by atoms with E-state index < -0.39 is 5.60 Å². The molecule has 0 fully saturated rings. The Labute approximate surface area is 123 Å². The number of aryl methyl sites for hydroxylation is 1. The molecule has 0 amide bonds. The fourth-order valence-corrected chi connectivity index (χ4v) is 3.17. The molecule has 2 nitrogen and oxygen atoms in total. The molecule has 0 bridgehead atoms. The number of benzene rings is 1. The van der Waals surface area contributed by atoms with Crippen LogP contribution in [0, 0.1) is 0 Å². The Morgan fingerprint density at radius 3 is 2.70 bits per heavy atom. The molecular weight excluding hydrogens is 246 g/mol. The third-order valence-electron chi connectivity index (χ3n) is 4.29. The lowest BCUT2D eigenvalue weighted by atomic mass is 9.88. The van der Waals surface area contributed by atoms with Crippen LogP contribution in [-0.4, -0.2) is 22.8 Å². The molecular formula is C18H29NO. The summed E-state index contributed by atoms with van der Waals surface area (Å²) in [5.74, 6) is 0. The van der Waals surface area contributed by atoms with E-state index in [9.17, 15) is 5.11 Å². The van der Waals surface area contributed by atoms with E-state index >= 15 is 0 Å². The SMILES string of the molecule is C[C@H](CCCC(C)(C)O)N[C@H]1CCc2ccccc2C1. The highest BCUT2D eigenvalue weighted by Gasteiger charge is 2.20. The van der Waals surface area contributed by atoms with Gasteiger partial charge >= 0.3 is 0 Å². The standard InChI is InChI=1S/C18H29NO/c1-14(7-6-12-18(2,3)20)19-17-11-10-15-8-4-5-9-16(15)13-17/h4-5,8-9,14,17,19-20H,6-7,10-13H2,1-3H3/t14-,17+/m1/s1. The van der Waals surface area contributed by atoms with Crippen LogP contribution in [0.4, 0.5) is 0 Å². The molecule has 2 rings (SSSR count). The van der Waals surface area contributed by atoms with Crippen LogP contribution in [0.1, 0.15) is 57.6 Å². The summed E-state index contributed by atoms with van der Waals surface area (Å²) in [4.78, 5) is 0. The van der Waals surface area contributed by atoms with E-state index in [2.05, 4.69) is 36.5 Å². The third-order valence-corrected chi connectivity index (χ3v) is 4.29. The van der Waals surface area contributed by atoms with E-state index in [1.54, 1.807) is 0 Å². The number of nitrogens with one attached hydrogen (secondary N) is 1. The lowest BCUT2D eigenvalue weighted by Gasteiger charge is -2.29. The highest BCUT2D eigenvalue weighted by molar-refractivity contribution is 5.30. The molecule has 20 heavy (non-hydrogen) atoms. The maximum absolute atomic E-state index is 9.74. The van der Waals surface area contributed by atoms with Crippen molar-refractivity contribution in [1.82, 2.24) is 5.32 Å². The second kappa shape index (κ2) is 6.73. The maximum atomic E-state index is 9.74. The fourth-order valence-electron chi connectivity index (χ4n) is 3.17. The topological polar surface area (TPSA) is 32.3 Å². The van der Waals surface area contributed by atoms with Gasteiger partial charge in [0.15, 0.2) is 0 Å². The van der Waals surface area contributed by atoms with Gasteiger partial charge in [-0.25, -0.2) is 0 Å². The van der Waals surface area contributed by atoms with Crippen LogP contribution in [0.25, 0.3) is 0 Å². The first-order valence-corrected chi connectivity index (χ1v) is 7.99. The molecule has 0 radical (unpaired) electrons. The van der Waals surface area contributed by atoms with Crippen molar-refractivity contribution in [1.29, 1.82) is 0 Å². The van der Waals surface area contributed by atoms with Crippen molar-refractivity contribution in [2.45, 2.75) is 77.0 Å². The van der Waals surface area contributed by atoms with Crippen LogP contribution in [0.2, 0.25) is 0 Å². The summed E-state index contributed by atoms with van der Waals surface area (Å²) in [6.07, 6.45) is 6.71. The minimum absolute atomic E-state index is 0.524. The van der Waals surface area contributed by atoms with Crippen molar-refractivity contribution in [3.05, 3.63) is 35.4 Å². The van der Waals surface area contributed by atoms with E-state index in [1.165, 1.54) is 24.0 Å². The monoisotopic (exact) mass is 275 g/mol. The third kappa shape index (κ3) is 4.92. The zero-order chi connectivity index (χ0) is 14.6. The average molecular weight is 275 g/mol. The predicted octanol–water partition coefficient (Wildman–Crippen LogP) is 3.46. The molecule has 0 spiro atoms. The van der Waals surface area contributed by atoms with E-state index in [1.807, 2.05) is 13.8 Å². The van der Waals surface area contributed by atoms with Crippen molar-refractivity contribution in [3.63, 3.8) is 0 Å². The van der Waals surface area contributed by atoms with Gasteiger partial charge in [-0.2, -0.15) is 0 Å². The zero-order valence-corrected chi connectivity index (χ0v) is 13.2. The van der Waals surface area contributed by atoms with E-state index in [-0.39, 0.29) is 0 Å². The van der Waals surface area contributed by atoms with Gasteiger partial charge in [0, 0.05) is 12.1 Å². The number of rotatable bonds is 6. The Balaban J connectivity index is 1.75. The van der Waals surface area contributed by atoms with Crippen molar-refractivity contribution < 1.29 is 5.11 Å². The molecule has 0 heterocycles. The first kappa shape index (κ1) is 15.5. The molecule has 0 saturated carbocycles. The van der Waals surface area contributed by atoms with Gasteiger partial charge in [0.1, 0.15) is 0 Å². The van der Waals surface area contributed by atoms with Gasteiger partial charge in [-0.3, -0.25) is 0 Å². The van der Waals surface area contributed by atoms with Crippen molar-refractivity contribution >= 4 is 0 Å². The Morgan fingerprint density at radius 2 is 2.00 bits per heavy atom. The number of fused-ring (bicyclic) bond motifs is 1. The quantitative estimate of drug-likeness (QED) is 0.833. The van der Waals surface area contributed by atoms with Gasteiger partial charge in [0.2, 0.25) is 0 Å². The minimum atomic E-state index is -0.524. The fraction of sp³-hybridized carbons (Fsp3) is 0.667. The Morgan fingerprint density at radius 1 is 1.30 bits per heavy atom. The van der Waals surface area contributed by atoms with Crippen molar-refractivity contribution in [2.24, 2.45) is 0 Å². The van der Waals surface area contributed by atoms with Gasteiger partial charge in [-0.05, 0) is 70.4 Å². The van der Waals surface area contributed by atoms with E-state index in [0.717, 1.165) is 25.7 Å². The van der Waals surface area contributed by atoms with Crippen LogP contribution in [0.3, 0.4) is 0 Å². The highest BCUT2D eigenvalue weighted by Crippen LogP contribution is 2.22. The molecule has 2 N–H and O–H groups in total. The molecule has 1 aromatic rings. The largest absolute Gasteiger partial charge is 0.390 e. The van der Waals surface area contributed by atoms with Crippen LogP contribution in [-0.2, 0) is 12.8 Å². The number of aliphatic hydroxyl groups is 1. The maximum Gasteiger partial charge on any atom is 0.0591 e. The summed E-state index contributed by atoms with van der Waals surface area (Å²) in [5.41, 5.74) is 2.52. The van der Waals surface area contributed by atoms with Gasteiger partial charge in [-0.15, -0.1) is 0 Å². The minimum Gasteiger partial charge on any atom is -0.390 e.